The molecule has 0 bridgehead atoms. The van der Waals surface area contributed by atoms with E-state index in [4.69, 9.17) is 10.5 Å². The maximum absolute atomic E-state index is 5.81. The van der Waals surface area contributed by atoms with Gasteiger partial charge in [0.25, 0.3) is 0 Å². The molecule has 1 saturated carbocycles. The standard InChI is InChI=1S/C13H22N4O/c1-4-18-13-9(2)12(15-8-16-13)17(3)7-10-5-11(14)6-10/h8,10-11H,4-7,14H2,1-3H3. The Hall–Kier alpha value is -1.36. The Kier molecular flexibility index (Phi) is 4.01. The lowest BCUT2D eigenvalue weighted by molar-refractivity contribution is 0.270. The van der Waals surface area contributed by atoms with Gasteiger partial charge in [-0.1, -0.05) is 0 Å². The van der Waals surface area contributed by atoms with Crippen molar-refractivity contribution in [2.45, 2.75) is 32.7 Å². The van der Waals surface area contributed by atoms with Crippen LogP contribution in [-0.2, 0) is 0 Å². The van der Waals surface area contributed by atoms with Crippen LogP contribution >= 0.6 is 0 Å². The van der Waals surface area contributed by atoms with Crippen molar-refractivity contribution in [1.82, 2.24) is 9.97 Å². The summed E-state index contributed by atoms with van der Waals surface area (Å²) in [5.41, 5.74) is 6.82. The lowest BCUT2D eigenvalue weighted by Crippen LogP contribution is -2.42. The minimum atomic E-state index is 0.397. The first-order chi connectivity index (χ1) is 8.61. The van der Waals surface area contributed by atoms with Crippen molar-refractivity contribution in [3.63, 3.8) is 0 Å². The first kappa shape index (κ1) is 13.1. The highest BCUT2D eigenvalue weighted by Gasteiger charge is 2.27. The zero-order valence-corrected chi connectivity index (χ0v) is 11.4. The zero-order valence-electron chi connectivity index (χ0n) is 11.4. The highest BCUT2D eigenvalue weighted by molar-refractivity contribution is 5.49. The third-order valence-electron chi connectivity index (χ3n) is 3.46. The van der Waals surface area contributed by atoms with Crippen LogP contribution in [-0.4, -0.2) is 36.2 Å². The van der Waals surface area contributed by atoms with Gasteiger partial charge in [0.05, 0.1) is 12.2 Å². The fourth-order valence-corrected chi connectivity index (χ4v) is 2.50. The van der Waals surface area contributed by atoms with Crippen LogP contribution in [0.1, 0.15) is 25.3 Å². The number of nitrogens with zero attached hydrogens (tertiary/aromatic N) is 3. The largest absolute Gasteiger partial charge is 0.478 e. The molecule has 18 heavy (non-hydrogen) atoms. The fourth-order valence-electron chi connectivity index (χ4n) is 2.50. The summed E-state index contributed by atoms with van der Waals surface area (Å²) in [6.45, 7) is 5.58. The van der Waals surface area contributed by atoms with Crippen molar-refractivity contribution < 1.29 is 4.74 Å². The molecule has 0 radical (unpaired) electrons. The van der Waals surface area contributed by atoms with Crippen LogP contribution in [0.3, 0.4) is 0 Å². The summed E-state index contributed by atoms with van der Waals surface area (Å²) in [5, 5.41) is 0. The van der Waals surface area contributed by atoms with E-state index in [2.05, 4.69) is 21.9 Å². The Morgan fingerprint density at radius 1 is 1.44 bits per heavy atom. The van der Waals surface area contributed by atoms with Crippen LogP contribution in [0.5, 0.6) is 5.88 Å². The third-order valence-corrected chi connectivity index (χ3v) is 3.46. The fraction of sp³-hybridized carbons (Fsp3) is 0.692. The van der Waals surface area contributed by atoms with E-state index in [-0.39, 0.29) is 0 Å². The minimum Gasteiger partial charge on any atom is -0.478 e. The van der Waals surface area contributed by atoms with Gasteiger partial charge in [0, 0.05) is 19.6 Å². The first-order valence-corrected chi connectivity index (χ1v) is 6.53. The average Bonchev–Trinajstić information content (AvgIpc) is 2.30. The van der Waals surface area contributed by atoms with E-state index in [0.717, 1.165) is 30.8 Å². The van der Waals surface area contributed by atoms with E-state index >= 15 is 0 Å². The molecule has 2 rings (SSSR count). The van der Waals surface area contributed by atoms with Crippen molar-refractivity contribution in [2.24, 2.45) is 11.7 Å². The zero-order chi connectivity index (χ0) is 13.1. The molecule has 100 valence electrons. The second-order valence-electron chi connectivity index (χ2n) is 5.04. The average molecular weight is 250 g/mol. The van der Waals surface area contributed by atoms with E-state index < -0.39 is 0 Å². The molecule has 1 aromatic rings. The molecular formula is C13H22N4O. The van der Waals surface area contributed by atoms with Gasteiger partial charge in [-0.2, -0.15) is 0 Å². The molecule has 5 nitrogen and oxygen atoms in total. The molecule has 0 spiro atoms. The Labute approximate surface area is 108 Å². The van der Waals surface area contributed by atoms with Gasteiger partial charge in [-0.25, -0.2) is 9.97 Å². The molecule has 0 aromatic carbocycles. The molecule has 1 aromatic heterocycles. The number of hydrogen-bond donors (Lipinski definition) is 1. The number of anilines is 1. The number of rotatable bonds is 5. The van der Waals surface area contributed by atoms with Crippen LogP contribution in [0.25, 0.3) is 0 Å². The highest BCUT2D eigenvalue weighted by Crippen LogP contribution is 2.29. The predicted octanol–water partition coefficient (Wildman–Crippen LogP) is 1.36. The topological polar surface area (TPSA) is 64.3 Å². The van der Waals surface area contributed by atoms with Gasteiger partial charge < -0.3 is 15.4 Å². The molecule has 0 amide bonds. The van der Waals surface area contributed by atoms with Crippen molar-refractivity contribution in [2.75, 3.05) is 25.1 Å². The van der Waals surface area contributed by atoms with E-state index in [9.17, 15) is 0 Å². The second kappa shape index (κ2) is 5.52. The second-order valence-corrected chi connectivity index (χ2v) is 5.04. The number of ether oxygens (including phenoxy) is 1. The predicted molar refractivity (Wildman–Crippen MR) is 71.9 cm³/mol. The van der Waals surface area contributed by atoms with E-state index in [1.165, 1.54) is 0 Å². The molecule has 0 aliphatic heterocycles. The lowest BCUT2D eigenvalue weighted by Gasteiger charge is -2.36. The van der Waals surface area contributed by atoms with Crippen molar-refractivity contribution in [1.29, 1.82) is 0 Å². The third kappa shape index (κ3) is 2.72. The summed E-state index contributed by atoms with van der Waals surface area (Å²) in [6.07, 6.45) is 3.80. The Morgan fingerprint density at radius 2 is 2.17 bits per heavy atom. The van der Waals surface area contributed by atoms with Gasteiger partial charge in [0.15, 0.2) is 0 Å². The Morgan fingerprint density at radius 3 is 2.78 bits per heavy atom. The van der Waals surface area contributed by atoms with E-state index in [1.807, 2.05) is 13.8 Å². The normalized spacial score (nSPS) is 22.4. The Bertz CT molecular complexity index is 404. The molecule has 1 aliphatic carbocycles. The van der Waals surface area contributed by atoms with Gasteiger partial charge in [-0.15, -0.1) is 0 Å². The Balaban J connectivity index is 2.04. The molecule has 1 aliphatic rings. The van der Waals surface area contributed by atoms with Crippen LogP contribution < -0.4 is 15.4 Å². The highest BCUT2D eigenvalue weighted by atomic mass is 16.5. The van der Waals surface area contributed by atoms with Crippen LogP contribution in [0, 0.1) is 12.8 Å². The van der Waals surface area contributed by atoms with E-state index in [0.29, 0.717) is 24.4 Å². The number of aromatic nitrogens is 2. The minimum absolute atomic E-state index is 0.397. The first-order valence-electron chi connectivity index (χ1n) is 6.53. The van der Waals surface area contributed by atoms with Crippen LogP contribution in [0.4, 0.5) is 5.82 Å². The van der Waals surface area contributed by atoms with Gasteiger partial charge in [0.1, 0.15) is 12.1 Å². The molecule has 0 atom stereocenters. The van der Waals surface area contributed by atoms with E-state index in [1.54, 1.807) is 6.33 Å². The molecule has 0 unspecified atom stereocenters. The molecule has 0 saturated heterocycles. The number of nitrogens with two attached hydrogens (primary N) is 1. The maximum Gasteiger partial charge on any atom is 0.221 e. The van der Waals surface area contributed by atoms with Crippen molar-refractivity contribution >= 4 is 5.82 Å². The quantitative estimate of drug-likeness (QED) is 0.854. The van der Waals surface area contributed by atoms with Gasteiger partial charge in [0.2, 0.25) is 5.88 Å². The van der Waals surface area contributed by atoms with Crippen molar-refractivity contribution in [3.05, 3.63) is 11.9 Å². The molecule has 2 N–H and O–H groups in total. The molecule has 5 heteroatoms. The smallest absolute Gasteiger partial charge is 0.221 e. The monoisotopic (exact) mass is 250 g/mol. The van der Waals surface area contributed by atoms with Gasteiger partial charge >= 0.3 is 0 Å². The summed E-state index contributed by atoms with van der Waals surface area (Å²) in [6, 6.07) is 0.397. The summed E-state index contributed by atoms with van der Waals surface area (Å²) in [4.78, 5) is 10.7. The summed E-state index contributed by atoms with van der Waals surface area (Å²) in [5.74, 6) is 2.32. The van der Waals surface area contributed by atoms with Crippen molar-refractivity contribution in [3.8, 4) is 5.88 Å². The summed E-state index contributed by atoms with van der Waals surface area (Å²) >= 11 is 0. The summed E-state index contributed by atoms with van der Waals surface area (Å²) in [7, 11) is 2.06. The maximum atomic E-state index is 5.81. The molecule has 1 heterocycles. The molecule has 1 fully saturated rings. The SMILES string of the molecule is CCOc1ncnc(N(C)CC2CC(N)C2)c1C. The van der Waals surface area contributed by atoms with Gasteiger partial charge in [-0.3, -0.25) is 0 Å². The molecular weight excluding hydrogens is 228 g/mol. The van der Waals surface area contributed by atoms with Crippen LogP contribution in [0.2, 0.25) is 0 Å². The number of hydrogen-bond acceptors (Lipinski definition) is 5. The van der Waals surface area contributed by atoms with Gasteiger partial charge in [-0.05, 0) is 32.6 Å². The lowest BCUT2D eigenvalue weighted by atomic mass is 9.80. The summed E-state index contributed by atoms with van der Waals surface area (Å²) < 4.78 is 5.49. The van der Waals surface area contributed by atoms with Crippen LogP contribution in [0.15, 0.2) is 6.33 Å².